The van der Waals surface area contributed by atoms with Gasteiger partial charge in [-0.15, -0.1) is 12.4 Å². The van der Waals surface area contributed by atoms with Gasteiger partial charge >= 0.3 is 0 Å². The smallest absolute Gasteiger partial charge is 0.261 e. The predicted molar refractivity (Wildman–Crippen MR) is 90.8 cm³/mol. The van der Waals surface area contributed by atoms with Gasteiger partial charge in [0.15, 0.2) is 5.82 Å². The fourth-order valence-electron chi connectivity index (χ4n) is 2.74. The van der Waals surface area contributed by atoms with Crippen molar-refractivity contribution in [1.82, 2.24) is 20.3 Å². The molecule has 1 fully saturated rings. The highest BCUT2D eigenvalue weighted by atomic mass is 35.5. The summed E-state index contributed by atoms with van der Waals surface area (Å²) in [5.74, 6) is 1.79. The van der Waals surface area contributed by atoms with Gasteiger partial charge in [0.2, 0.25) is 0 Å². The summed E-state index contributed by atoms with van der Waals surface area (Å²) in [5.41, 5.74) is 8.36. The SMILES string of the molecule is COc1ccc(-c2[nH]ncc2-c2nc(C3(N)CCC3)no2)cc1.Cl. The fourth-order valence-corrected chi connectivity index (χ4v) is 2.74. The molecule has 3 aromatic rings. The van der Waals surface area contributed by atoms with Crippen molar-refractivity contribution in [3.05, 3.63) is 36.3 Å². The number of nitrogens with two attached hydrogens (primary N) is 1. The Morgan fingerprint density at radius 1 is 1.25 bits per heavy atom. The van der Waals surface area contributed by atoms with Crippen LogP contribution < -0.4 is 10.5 Å². The summed E-state index contributed by atoms with van der Waals surface area (Å²) in [7, 11) is 1.64. The Morgan fingerprint density at radius 3 is 2.62 bits per heavy atom. The molecule has 2 heterocycles. The van der Waals surface area contributed by atoms with Gasteiger partial charge in [-0.05, 0) is 43.5 Å². The topological polar surface area (TPSA) is 103 Å². The van der Waals surface area contributed by atoms with Gasteiger partial charge in [0.25, 0.3) is 5.89 Å². The Labute approximate surface area is 145 Å². The largest absolute Gasteiger partial charge is 0.497 e. The third-order valence-electron chi connectivity index (χ3n) is 4.37. The zero-order valence-electron chi connectivity index (χ0n) is 13.2. The number of halogens is 1. The first-order valence-electron chi connectivity index (χ1n) is 7.51. The molecular weight excluding hydrogens is 330 g/mol. The normalized spacial score (nSPS) is 15.4. The highest BCUT2D eigenvalue weighted by molar-refractivity contribution is 5.85. The highest BCUT2D eigenvalue weighted by Gasteiger charge is 2.39. The van der Waals surface area contributed by atoms with Gasteiger partial charge < -0.3 is 15.0 Å². The molecule has 0 bridgehead atoms. The molecule has 1 aliphatic rings. The van der Waals surface area contributed by atoms with Crippen molar-refractivity contribution in [2.75, 3.05) is 7.11 Å². The van der Waals surface area contributed by atoms with Crippen LogP contribution >= 0.6 is 12.4 Å². The second-order valence-corrected chi connectivity index (χ2v) is 5.82. The number of methoxy groups -OCH3 is 1. The lowest BCUT2D eigenvalue weighted by molar-refractivity contribution is 0.229. The Balaban J connectivity index is 0.00000169. The van der Waals surface area contributed by atoms with Gasteiger partial charge in [0, 0.05) is 5.56 Å². The van der Waals surface area contributed by atoms with Crippen LogP contribution in [0.3, 0.4) is 0 Å². The van der Waals surface area contributed by atoms with Crippen LogP contribution in [0.25, 0.3) is 22.7 Å². The van der Waals surface area contributed by atoms with E-state index in [2.05, 4.69) is 20.3 Å². The molecule has 0 spiro atoms. The standard InChI is InChI=1S/C16H17N5O2.ClH/c1-22-11-5-3-10(4-6-11)13-12(9-18-20-13)14-19-15(21-23-14)16(17)7-2-8-16;/h3-6,9H,2,7-8,17H2,1H3,(H,18,20);1H. The van der Waals surface area contributed by atoms with Crippen molar-refractivity contribution in [2.24, 2.45) is 5.73 Å². The first-order valence-corrected chi connectivity index (χ1v) is 7.51. The zero-order chi connectivity index (χ0) is 15.9. The number of H-pyrrole nitrogens is 1. The second-order valence-electron chi connectivity index (χ2n) is 5.82. The molecule has 126 valence electrons. The molecule has 1 saturated carbocycles. The maximum Gasteiger partial charge on any atom is 0.261 e. The number of hydrogen-bond acceptors (Lipinski definition) is 6. The molecule has 1 aliphatic carbocycles. The minimum atomic E-state index is -0.439. The molecular formula is C16H18ClN5O2. The number of aromatic amines is 1. The maximum absolute atomic E-state index is 6.25. The molecule has 0 aliphatic heterocycles. The van der Waals surface area contributed by atoms with E-state index in [1.165, 1.54) is 0 Å². The van der Waals surface area contributed by atoms with Crippen molar-refractivity contribution >= 4 is 12.4 Å². The third kappa shape index (κ3) is 2.65. The van der Waals surface area contributed by atoms with Crippen LogP contribution in [0, 0.1) is 0 Å². The molecule has 0 unspecified atom stereocenters. The number of ether oxygens (including phenoxy) is 1. The molecule has 0 amide bonds. The molecule has 7 nitrogen and oxygen atoms in total. The van der Waals surface area contributed by atoms with Gasteiger partial charge in [0.05, 0.1) is 30.1 Å². The van der Waals surface area contributed by atoms with Crippen molar-refractivity contribution in [1.29, 1.82) is 0 Å². The number of nitrogens with one attached hydrogen (secondary N) is 1. The molecule has 24 heavy (non-hydrogen) atoms. The first kappa shape index (κ1) is 16.5. The van der Waals surface area contributed by atoms with Crippen molar-refractivity contribution in [3.8, 4) is 28.5 Å². The molecule has 8 heteroatoms. The van der Waals surface area contributed by atoms with Crippen LogP contribution in [0.1, 0.15) is 25.1 Å². The van der Waals surface area contributed by atoms with Crippen LogP contribution in [0.15, 0.2) is 35.0 Å². The van der Waals surface area contributed by atoms with E-state index in [1.807, 2.05) is 24.3 Å². The van der Waals surface area contributed by atoms with Gasteiger partial charge in [-0.25, -0.2) is 0 Å². The van der Waals surface area contributed by atoms with Crippen LogP contribution in [-0.4, -0.2) is 27.4 Å². The summed E-state index contributed by atoms with van der Waals surface area (Å²) in [5, 5.41) is 11.1. The predicted octanol–water partition coefficient (Wildman–Crippen LogP) is 2.90. The summed E-state index contributed by atoms with van der Waals surface area (Å²) in [4.78, 5) is 4.48. The van der Waals surface area contributed by atoms with Crippen LogP contribution in [-0.2, 0) is 5.54 Å². The summed E-state index contributed by atoms with van der Waals surface area (Å²) in [6.45, 7) is 0. The van der Waals surface area contributed by atoms with Crippen molar-refractivity contribution in [3.63, 3.8) is 0 Å². The van der Waals surface area contributed by atoms with Crippen LogP contribution in [0.4, 0.5) is 0 Å². The Kier molecular flexibility index (Phi) is 4.29. The van der Waals surface area contributed by atoms with Crippen LogP contribution in [0.2, 0.25) is 0 Å². The summed E-state index contributed by atoms with van der Waals surface area (Å²) < 4.78 is 10.6. The van der Waals surface area contributed by atoms with Gasteiger partial charge in [-0.1, -0.05) is 5.16 Å². The first-order chi connectivity index (χ1) is 11.2. The van der Waals surface area contributed by atoms with E-state index >= 15 is 0 Å². The average molecular weight is 348 g/mol. The Hall–Kier alpha value is -2.38. The third-order valence-corrected chi connectivity index (χ3v) is 4.37. The minimum Gasteiger partial charge on any atom is -0.497 e. The van der Waals surface area contributed by atoms with Gasteiger partial charge in [0.1, 0.15) is 5.75 Å². The molecule has 0 saturated heterocycles. The van der Waals surface area contributed by atoms with Crippen LogP contribution in [0.5, 0.6) is 5.75 Å². The number of aromatic nitrogens is 4. The summed E-state index contributed by atoms with van der Waals surface area (Å²) in [6, 6.07) is 7.68. The maximum atomic E-state index is 6.25. The summed E-state index contributed by atoms with van der Waals surface area (Å²) >= 11 is 0. The van der Waals surface area contributed by atoms with E-state index < -0.39 is 5.54 Å². The number of rotatable bonds is 4. The lowest BCUT2D eigenvalue weighted by Gasteiger charge is -2.34. The molecule has 4 rings (SSSR count). The molecule has 0 atom stereocenters. The van der Waals surface area contributed by atoms with E-state index in [1.54, 1.807) is 13.3 Å². The molecule has 1 aromatic carbocycles. The molecule has 0 radical (unpaired) electrons. The van der Waals surface area contributed by atoms with Crippen molar-refractivity contribution in [2.45, 2.75) is 24.8 Å². The van der Waals surface area contributed by atoms with E-state index in [9.17, 15) is 0 Å². The van der Waals surface area contributed by atoms with E-state index in [0.717, 1.165) is 41.8 Å². The van der Waals surface area contributed by atoms with E-state index in [-0.39, 0.29) is 12.4 Å². The van der Waals surface area contributed by atoms with Crippen molar-refractivity contribution < 1.29 is 9.26 Å². The average Bonchev–Trinajstić information content (AvgIpc) is 3.21. The quantitative estimate of drug-likeness (QED) is 0.752. The van der Waals surface area contributed by atoms with Gasteiger partial charge in [-0.2, -0.15) is 10.1 Å². The summed E-state index contributed by atoms with van der Waals surface area (Å²) in [6.07, 6.45) is 4.56. The second kappa shape index (κ2) is 6.26. The Morgan fingerprint density at radius 2 is 2.00 bits per heavy atom. The number of nitrogens with zero attached hydrogens (tertiary/aromatic N) is 3. The number of benzene rings is 1. The molecule has 3 N–H and O–H groups in total. The fraction of sp³-hybridized carbons (Fsp3) is 0.312. The highest BCUT2D eigenvalue weighted by Crippen LogP contribution is 2.38. The lowest BCUT2D eigenvalue weighted by Crippen LogP contribution is -2.44. The van der Waals surface area contributed by atoms with E-state index in [4.69, 9.17) is 15.0 Å². The van der Waals surface area contributed by atoms with Gasteiger partial charge in [-0.3, -0.25) is 5.10 Å². The molecule has 2 aromatic heterocycles. The zero-order valence-corrected chi connectivity index (χ0v) is 14.0. The lowest BCUT2D eigenvalue weighted by atomic mass is 9.77. The monoisotopic (exact) mass is 347 g/mol. The Bertz CT molecular complexity index is 823. The number of hydrogen-bond donors (Lipinski definition) is 2. The minimum absolute atomic E-state index is 0. The van der Waals surface area contributed by atoms with E-state index in [0.29, 0.717) is 11.7 Å².